The van der Waals surface area contributed by atoms with Crippen LogP contribution in [0, 0.1) is 0 Å². The fourth-order valence-electron chi connectivity index (χ4n) is 3.53. The average molecular weight is 307 g/mol. The maximum Gasteiger partial charge on any atom is 0.223 e. The minimum absolute atomic E-state index is 0.109. The zero-order valence-electron chi connectivity index (χ0n) is 12.9. The number of hydrogen-bond acceptors (Lipinski definition) is 5. The van der Waals surface area contributed by atoms with Gasteiger partial charge >= 0.3 is 0 Å². The molecule has 6 nitrogen and oxygen atoms in total. The Morgan fingerprint density at radius 3 is 2.45 bits per heavy atom. The second-order valence-electron chi connectivity index (χ2n) is 6.48. The Balaban J connectivity index is 1.49. The number of aliphatic hydroxyl groups is 1. The Hall–Kier alpha value is -1.37. The highest BCUT2D eigenvalue weighted by Gasteiger charge is 2.27. The second kappa shape index (κ2) is 6.81. The summed E-state index contributed by atoms with van der Waals surface area (Å²) in [6.07, 6.45) is 5.33. The number of aromatic hydroxyl groups is 1. The van der Waals surface area contributed by atoms with Crippen molar-refractivity contribution in [3.63, 3.8) is 0 Å². The number of rotatable bonds is 3. The molecule has 0 aliphatic carbocycles. The lowest BCUT2D eigenvalue weighted by atomic mass is 9.99. The van der Waals surface area contributed by atoms with Crippen molar-refractivity contribution in [1.82, 2.24) is 14.8 Å². The van der Waals surface area contributed by atoms with Gasteiger partial charge in [-0.2, -0.15) is 0 Å². The van der Waals surface area contributed by atoms with Gasteiger partial charge in [-0.05, 0) is 25.7 Å². The Labute approximate surface area is 130 Å². The molecule has 0 atom stereocenters. The van der Waals surface area contributed by atoms with Crippen LogP contribution in [0.1, 0.15) is 31.4 Å². The van der Waals surface area contributed by atoms with E-state index in [0.29, 0.717) is 6.04 Å². The largest absolute Gasteiger partial charge is 0.503 e. The summed E-state index contributed by atoms with van der Waals surface area (Å²) < 4.78 is 0. The van der Waals surface area contributed by atoms with E-state index in [-0.39, 0.29) is 17.3 Å². The normalized spacial score (nSPS) is 23.0. The third-order valence-electron chi connectivity index (χ3n) is 4.92. The fourth-order valence-corrected chi connectivity index (χ4v) is 3.53. The summed E-state index contributed by atoms with van der Waals surface area (Å²) in [5.41, 5.74) is 0.526. The van der Waals surface area contributed by atoms with E-state index in [2.05, 4.69) is 14.8 Å². The van der Waals surface area contributed by atoms with Gasteiger partial charge in [0.2, 0.25) is 5.43 Å². The van der Waals surface area contributed by atoms with Crippen LogP contribution >= 0.6 is 0 Å². The predicted octanol–water partition coefficient (Wildman–Crippen LogP) is 0.502. The molecule has 0 spiro atoms. The number of aromatic nitrogens is 1. The standard InChI is InChI=1S/C16H25N3O3/c20-14-3-7-19(8-4-14)13-1-5-18(6-2-13)11-12-9-15(21)16(22)10-17-12/h9-10,13-14,20,22H,1-8,11H2,(H,17,21). The van der Waals surface area contributed by atoms with Gasteiger partial charge in [-0.1, -0.05) is 0 Å². The molecule has 0 radical (unpaired) electrons. The topological polar surface area (TPSA) is 79.8 Å². The quantitative estimate of drug-likeness (QED) is 0.758. The summed E-state index contributed by atoms with van der Waals surface area (Å²) in [6.45, 7) is 4.79. The lowest BCUT2D eigenvalue weighted by Gasteiger charge is -2.41. The van der Waals surface area contributed by atoms with Crippen molar-refractivity contribution in [3.05, 3.63) is 28.2 Å². The molecule has 3 heterocycles. The van der Waals surface area contributed by atoms with Gasteiger partial charge in [0.05, 0.1) is 6.10 Å². The Morgan fingerprint density at radius 2 is 1.82 bits per heavy atom. The summed E-state index contributed by atoms with van der Waals surface area (Å²) in [7, 11) is 0. The molecule has 0 unspecified atom stereocenters. The van der Waals surface area contributed by atoms with Crippen LogP contribution in [0.15, 0.2) is 17.1 Å². The molecular formula is C16H25N3O3. The molecule has 2 saturated heterocycles. The van der Waals surface area contributed by atoms with Crippen molar-refractivity contribution in [2.24, 2.45) is 0 Å². The molecule has 0 aromatic carbocycles. The van der Waals surface area contributed by atoms with E-state index in [1.807, 2.05) is 0 Å². The second-order valence-corrected chi connectivity index (χ2v) is 6.48. The van der Waals surface area contributed by atoms with Crippen molar-refractivity contribution >= 4 is 0 Å². The maximum atomic E-state index is 11.5. The molecule has 2 fully saturated rings. The van der Waals surface area contributed by atoms with Crippen LogP contribution < -0.4 is 5.43 Å². The van der Waals surface area contributed by atoms with Gasteiger partial charge in [-0.15, -0.1) is 0 Å². The number of hydrogen-bond donors (Lipinski definition) is 3. The van der Waals surface area contributed by atoms with E-state index in [1.54, 1.807) is 0 Å². The monoisotopic (exact) mass is 307 g/mol. The number of aromatic amines is 1. The lowest BCUT2D eigenvalue weighted by molar-refractivity contribution is 0.0374. The first-order chi connectivity index (χ1) is 10.6. The van der Waals surface area contributed by atoms with Crippen LogP contribution in [0.4, 0.5) is 0 Å². The minimum Gasteiger partial charge on any atom is -0.503 e. The first-order valence-corrected chi connectivity index (χ1v) is 8.17. The first-order valence-electron chi connectivity index (χ1n) is 8.17. The number of piperidine rings is 2. The van der Waals surface area contributed by atoms with Crippen molar-refractivity contribution in [3.8, 4) is 5.75 Å². The average Bonchev–Trinajstić information content (AvgIpc) is 2.53. The number of pyridine rings is 1. The van der Waals surface area contributed by atoms with Crippen molar-refractivity contribution in [2.45, 2.75) is 44.4 Å². The van der Waals surface area contributed by atoms with Gasteiger partial charge in [0, 0.05) is 56.7 Å². The van der Waals surface area contributed by atoms with E-state index in [9.17, 15) is 15.0 Å². The van der Waals surface area contributed by atoms with E-state index >= 15 is 0 Å². The van der Waals surface area contributed by atoms with E-state index in [0.717, 1.165) is 64.1 Å². The highest BCUT2D eigenvalue weighted by molar-refractivity contribution is 5.18. The third-order valence-corrected chi connectivity index (χ3v) is 4.92. The molecule has 1 aromatic heterocycles. The molecule has 2 aliphatic rings. The molecule has 22 heavy (non-hydrogen) atoms. The van der Waals surface area contributed by atoms with Crippen LogP contribution in [-0.2, 0) is 6.54 Å². The highest BCUT2D eigenvalue weighted by atomic mass is 16.3. The summed E-state index contributed by atoms with van der Waals surface area (Å²) in [5, 5.41) is 18.9. The number of H-pyrrole nitrogens is 1. The van der Waals surface area contributed by atoms with Crippen molar-refractivity contribution in [2.75, 3.05) is 26.2 Å². The smallest absolute Gasteiger partial charge is 0.223 e. The van der Waals surface area contributed by atoms with Gasteiger partial charge in [0.25, 0.3) is 0 Å². The maximum absolute atomic E-state index is 11.5. The number of nitrogens with one attached hydrogen (secondary N) is 1. The molecule has 2 aliphatic heterocycles. The minimum atomic E-state index is -0.324. The summed E-state index contributed by atoms with van der Waals surface area (Å²) in [4.78, 5) is 19.3. The van der Waals surface area contributed by atoms with Crippen molar-refractivity contribution in [1.29, 1.82) is 0 Å². The molecule has 1 aromatic rings. The SMILES string of the molecule is O=c1cc(CN2CCC(N3CCC(O)CC3)CC2)[nH]cc1O. The Bertz CT molecular complexity index is 544. The van der Waals surface area contributed by atoms with Crippen LogP contribution in [-0.4, -0.2) is 63.3 Å². The highest BCUT2D eigenvalue weighted by Crippen LogP contribution is 2.21. The zero-order valence-corrected chi connectivity index (χ0v) is 12.9. The van der Waals surface area contributed by atoms with Crippen LogP contribution in [0.25, 0.3) is 0 Å². The van der Waals surface area contributed by atoms with E-state index in [1.165, 1.54) is 12.3 Å². The Morgan fingerprint density at radius 1 is 1.14 bits per heavy atom. The molecule has 0 saturated carbocycles. The lowest BCUT2D eigenvalue weighted by Crippen LogP contribution is -2.48. The van der Waals surface area contributed by atoms with E-state index < -0.39 is 0 Å². The Kier molecular flexibility index (Phi) is 4.81. The summed E-state index contributed by atoms with van der Waals surface area (Å²) in [5.74, 6) is -0.227. The molecule has 122 valence electrons. The van der Waals surface area contributed by atoms with Gasteiger partial charge in [-0.3, -0.25) is 9.69 Å². The molecule has 3 rings (SSSR count). The van der Waals surface area contributed by atoms with Gasteiger partial charge in [0.1, 0.15) is 0 Å². The number of nitrogens with zero attached hydrogens (tertiary/aromatic N) is 2. The van der Waals surface area contributed by atoms with Crippen LogP contribution in [0.2, 0.25) is 0 Å². The molecule has 3 N–H and O–H groups in total. The first kappa shape index (κ1) is 15.5. The predicted molar refractivity (Wildman–Crippen MR) is 83.8 cm³/mol. The number of likely N-dealkylation sites (tertiary alicyclic amines) is 2. The molecule has 0 amide bonds. The van der Waals surface area contributed by atoms with Crippen LogP contribution in [0.3, 0.4) is 0 Å². The van der Waals surface area contributed by atoms with Gasteiger partial charge in [0.15, 0.2) is 5.75 Å². The molecule has 6 heteroatoms. The van der Waals surface area contributed by atoms with Gasteiger partial charge < -0.3 is 20.1 Å². The molecule has 0 bridgehead atoms. The van der Waals surface area contributed by atoms with E-state index in [4.69, 9.17) is 0 Å². The van der Waals surface area contributed by atoms with Crippen LogP contribution in [0.5, 0.6) is 5.75 Å². The third kappa shape index (κ3) is 3.69. The van der Waals surface area contributed by atoms with Gasteiger partial charge in [-0.25, -0.2) is 0 Å². The summed E-state index contributed by atoms with van der Waals surface area (Å²) >= 11 is 0. The van der Waals surface area contributed by atoms with Crippen molar-refractivity contribution < 1.29 is 10.2 Å². The zero-order chi connectivity index (χ0) is 15.5. The number of aliphatic hydroxyl groups excluding tert-OH is 1. The molecular weight excluding hydrogens is 282 g/mol. The summed E-state index contributed by atoms with van der Waals surface area (Å²) in [6, 6.07) is 2.11. The fraction of sp³-hybridized carbons (Fsp3) is 0.688.